The van der Waals surface area contributed by atoms with Crippen LogP contribution in [0.1, 0.15) is 17.8 Å². The Hall–Kier alpha value is -1.17. The molecule has 0 saturated carbocycles. The van der Waals surface area contributed by atoms with Crippen molar-refractivity contribution in [3.05, 3.63) is 23.5 Å². The lowest BCUT2D eigenvalue weighted by Crippen LogP contribution is -2.10. The zero-order valence-electron chi connectivity index (χ0n) is 11.9. The largest absolute Gasteiger partial charge is 0.492 e. The maximum atomic E-state index is 5.72. The summed E-state index contributed by atoms with van der Waals surface area (Å²) in [5, 5.41) is 0. The van der Waals surface area contributed by atoms with Crippen LogP contribution >= 0.6 is 0 Å². The lowest BCUT2D eigenvalue weighted by Gasteiger charge is -2.11. The second-order valence-corrected chi connectivity index (χ2v) is 4.24. The summed E-state index contributed by atoms with van der Waals surface area (Å²) < 4.78 is 16.0. The Morgan fingerprint density at radius 1 is 1.16 bits per heavy atom. The fourth-order valence-electron chi connectivity index (χ4n) is 1.63. The van der Waals surface area contributed by atoms with Gasteiger partial charge in [0.2, 0.25) is 0 Å². The molecule has 1 heterocycles. The van der Waals surface area contributed by atoms with Crippen molar-refractivity contribution < 1.29 is 14.2 Å². The minimum atomic E-state index is 0.576. The third-order valence-electron chi connectivity index (χ3n) is 2.58. The molecule has 1 aromatic heterocycles. The molecule has 0 saturated heterocycles. The van der Waals surface area contributed by atoms with Gasteiger partial charge in [-0.3, -0.25) is 4.98 Å². The highest BCUT2D eigenvalue weighted by Crippen LogP contribution is 2.17. The average Bonchev–Trinajstić information content (AvgIpc) is 2.40. The Balaban J connectivity index is 2.28. The number of nitrogens with zero attached hydrogens (tertiary/aromatic N) is 1. The molecule has 0 aliphatic rings. The van der Waals surface area contributed by atoms with Crippen molar-refractivity contribution in [3.63, 3.8) is 0 Å². The molecule has 0 aliphatic carbocycles. The predicted molar refractivity (Wildman–Crippen MR) is 74.5 cm³/mol. The van der Waals surface area contributed by atoms with Crippen molar-refractivity contribution in [1.29, 1.82) is 0 Å². The van der Waals surface area contributed by atoms with Gasteiger partial charge in [0, 0.05) is 32.3 Å². The molecule has 0 bridgehead atoms. The molecule has 0 amide bonds. The summed E-state index contributed by atoms with van der Waals surface area (Å²) in [7, 11) is 1.66. The summed E-state index contributed by atoms with van der Waals surface area (Å²) >= 11 is 0. The first-order chi connectivity index (χ1) is 9.27. The Labute approximate surface area is 115 Å². The van der Waals surface area contributed by atoms with Crippen LogP contribution < -0.4 is 10.5 Å². The number of ether oxygens (including phenoxy) is 3. The Bertz CT molecular complexity index is 359. The second-order valence-electron chi connectivity index (χ2n) is 4.24. The number of aryl methyl sites for hydroxylation is 1. The standard InChI is InChI=1S/C14H24N2O3/c1-12-4-5-14(13(16-12)6-7-15)19-9-3-8-18-11-10-17-2/h4-5H,3,6-11,15H2,1-2H3. The first-order valence-corrected chi connectivity index (χ1v) is 6.64. The Morgan fingerprint density at radius 2 is 2.00 bits per heavy atom. The molecule has 5 heteroatoms. The van der Waals surface area contributed by atoms with E-state index in [0.717, 1.165) is 30.0 Å². The number of rotatable bonds is 10. The smallest absolute Gasteiger partial charge is 0.140 e. The van der Waals surface area contributed by atoms with E-state index >= 15 is 0 Å². The lowest BCUT2D eigenvalue weighted by molar-refractivity contribution is 0.0643. The molecule has 0 aliphatic heterocycles. The molecular formula is C14H24N2O3. The van der Waals surface area contributed by atoms with E-state index in [1.54, 1.807) is 7.11 Å². The molecule has 19 heavy (non-hydrogen) atoms. The van der Waals surface area contributed by atoms with Gasteiger partial charge in [0.05, 0.1) is 25.5 Å². The SMILES string of the molecule is COCCOCCCOc1ccc(C)nc1CCN. The van der Waals surface area contributed by atoms with Crippen molar-refractivity contribution in [3.8, 4) is 5.75 Å². The summed E-state index contributed by atoms with van der Waals surface area (Å²) in [6.45, 7) is 5.09. The van der Waals surface area contributed by atoms with Gasteiger partial charge in [0.25, 0.3) is 0 Å². The van der Waals surface area contributed by atoms with E-state index in [1.165, 1.54) is 0 Å². The van der Waals surface area contributed by atoms with E-state index in [-0.39, 0.29) is 0 Å². The van der Waals surface area contributed by atoms with Crippen LogP contribution in [-0.4, -0.2) is 45.1 Å². The summed E-state index contributed by atoms with van der Waals surface area (Å²) in [5.74, 6) is 0.827. The minimum Gasteiger partial charge on any atom is -0.492 e. The quantitative estimate of drug-likeness (QED) is 0.648. The molecule has 0 atom stereocenters. The van der Waals surface area contributed by atoms with Crippen LogP contribution in [0.15, 0.2) is 12.1 Å². The van der Waals surface area contributed by atoms with Crippen LogP contribution in [0.5, 0.6) is 5.75 Å². The van der Waals surface area contributed by atoms with Crippen LogP contribution in [-0.2, 0) is 15.9 Å². The Morgan fingerprint density at radius 3 is 2.74 bits per heavy atom. The average molecular weight is 268 g/mol. The van der Waals surface area contributed by atoms with Crippen molar-refractivity contribution >= 4 is 0 Å². The van der Waals surface area contributed by atoms with E-state index in [1.807, 2.05) is 19.1 Å². The molecule has 0 unspecified atom stereocenters. The maximum absolute atomic E-state index is 5.72. The highest BCUT2D eigenvalue weighted by Gasteiger charge is 2.05. The van der Waals surface area contributed by atoms with Gasteiger partial charge in [-0.05, 0) is 25.6 Å². The van der Waals surface area contributed by atoms with Crippen LogP contribution in [0.3, 0.4) is 0 Å². The van der Waals surface area contributed by atoms with Gasteiger partial charge in [-0.25, -0.2) is 0 Å². The fourth-order valence-corrected chi connectivity index (χ4v) is 1.63. The summed E-state index contributed by atoms with van der Waals surface area (Å²) in [5.41, 5.74) is 7.49. The summed E-state index contributed by atoms with van der Waals surface area (Å²) in [4.78, 5) is 4.45. The van der Waals surface area contributed by atoms with Gasteiger partial charge in [-0.2, -0.15) is 0 Å². The first kappa shape index (κ1) is 15.9. The molecule has 0 aromatic carbocycles. The van der Waals surface area contributed by atoms with Crippen molar-refractivity contribution in [2.45, 2.75) is 19.8 Å². The number of nitrogens with two attached hydrogens (primary N) is 1. The molecule has 2 N–H and O–H groups in total. The first-order valence-electron chi connectivity index (χ1n) is 6.64. The van der Waals surface area contributed by atoms with Gasteiger partial charge in [0.15, 0.2) is 0 Å². The topological polar surface area (TPSA) is 66.6 Å². The summed E-state index contributed by atoms with van der Waals surface area (Å²) in [6.07, 6.45) is 1.58. The van der Waals surface area contributed by atoms with E-state index < -0.39 is 0 Å². The number of pyridine rings is 1. The minimum absolute atomic E-state index is 0.576. The molecule has 108 valence electrons. The zero-order valence-corrected chi connectivity index (χ0v) is 11.9. The maximum Gasteiger partial charge on any atom is 0.140 e. The van der Waals surface area contributed by atoms with E-state index in [4.69, 9.17) is 19.9 Å². The van der Waals surface area contributed by atoms with Crippen molar-refractivity contribution in [2.24, 2.45) is 5.73 Å². The number of aromatic nitrogens is 1. The van der Waals surface area contributed by atoms with E-state index in [0.29, 0.717) is 33.0 Å². The second kappa shape index (κ2) is 9.72. The van der Waals surface area contributed by atoms with Gasteiger partial charge in [-0.15, -0.1) is 0 Å². The van der Waals surface area contributed by atoms with Gasteiger partial charge in [-0.1, -0.05) is 0 Å². The van der Waals surface area contributed by atoms with Crippen LogP contribution in [0, 0.1) is 6.92 Å². The monoisotopic (exact) mass is 268 g/mol. The zero-order chi connectivity index (χ0) is 13.9. The normalized spacial score (nSPS) is 10.7. The predicted octanol–water partition coefficient (Wildman–Crippen LogP) is 1.32. The number of hydrogen-bond donors (Lipinski definition) is 1. The lowest BCUT2D eigenvalue weighted by atomic mass is 10.2. The fraction of sp³-hybridized carbons (Fsp3) is 0.643. The van der Waals surface area contributed by atoms with Crippen molar-refractivity contribution in [2.75, 3.05) is 40.1 Å². The molecule has 1 aromatic rings. The van der Waals surface area contributed by atoms with Gasteiger partial charge >= 0.3 is 0 Å². The van der Waals surface area contributed by atoms with Crippen LogP contribution in [0.4, 0.5) is 0 Å². The molecule has 5 nitrogen and oxygen atoms in total. The molecule has 0 spiro atoms. The molecule has 0 radical (unpaired) electrons. The molecule has 1 rings (SSSR count). The number of hydrogen-bond acceptors (Lipinski definition) is 5. The molecular weight excluding hydrogens is 244 g/mol. The molecule has 0 fully saturated rings. The summed E-state index contributed by atoms with van der Waals surface area (Å²) in [6, 6.07) is 3.91. The van der Waals surface area contributed by atoms with E-state index in [2.05, 4.69) is 4.98 Å². The highest BCUT2D eigenvalue weighted by molar-refractivity contribution is 5.29. The van der Waals surface area contributed by atoms with Crippen LogP contribution in [0.2, 0.25) is 0 Å². The van der Waals surface area contributed by atoms with Gasteiger partial charge < -0.3 is 19.9 Å². The number of methoxy groups -OCH3 is 1. The van der Waals surface area contributed by atoms with Gasteiger partial charge in [0.1, 0.15) is 5.75 Å². The third kappa shape index (κ3) is 6.52. The van der Waals surface area contributed by atoms with Crippen LogP contribution in [0.25, 0.3) is 0 Å². The van der Waals surface area contributed by atoms with E-state index in [9.17, 15) is 0 Å². The Kier molecular flexibility index (Phi) is 8.13. The van der Waals surface area contributed by atoms with Crippen molar-refractivity contribution in [1.82, 2.24) is 4.98 Å². The third-order valence-corrected chi connectivity index (χ3v) is 2.58. The highest BCUT2D eigenvalue weighted by atomic mass is 16.5.